The van der Waals surface area contributed by atoms with Gasteiger partial charge >= 0.3 is 0 Å². The molecule has 0 radical (unpaired) electrons. The third-order valence-corrected chi connectivity index (χ3v) is 3.83. The molecular formula is C18H22O2. The highest BCUT2D eigenvalue weighted by Gasteiger charge is 2.41. The van der Waals surface area contributed by atoms with Crippen molar-refractivity contribution in [1.82, 2.24) is 0 Å². The predicted octanol–water partition coefficient (Wildman–Crippen LogP) is 3.25. The number of benzene rings is 2. The number of hydrogen-bond donors (Lipinski definition) is 2. The zero-order valence-electron chi connectivity index (χ0n) is 12.2. The molecule has 0 spiro atoms. The lowest BCUT2D eigenvalue weighted by atomic mass is 9.76. The van der Waals surface area contributed by atoms with Gasteiger partial charge in [0.05, 0.1) is 6.10 Å². The number of hydrogen-bond acceptors (Lipinski definition) is 2. The van der Waals surface area contributed by atoms with Crippen molar-refractivity contribution in [2.24, 2.45) is 5.92 Å². The Kier molecular flexibility index (Phi) is 4.26. The summed E-state index contributed by atoms with van der Waals surface area (Å²) in [5.41, 5.74) is 1.06. The largest absolute Gasteiger partial charge is 0.389 e. The van der Waals surface area contributed by atoms with E-state index in [4.69, 9.17) is 0 Å². The smallest absolute Gasteiger partial charge is 0.141 e. The third kappa shape index (κ3) is 2.49. The van der Waals surface area contributed by atoms with Crippen LogP contribution in [-0.4, -0.2) is 16.3 Å². The minimum Gasteiger partial charge on any atom is -0.389 e. The fourth-order valence-electron chi connectivity index (χ4n) is 2.66. The van der Waals surface area contributed by atoms with E-state index in [0.29, 0.717) is 0 Å². The van der Waals surface area contributed by atoms with Crippen LogP contribution in [0, 0.1) is 12.8 Å². The lowest BCUT2D eigenvalue weighted by Crippen LogP contribution is -2.44. The molecule has 0 aliphatic carbocycles. The molecule has 2 nitrogen and oxygen atoms in total. The van der Waals surface area contributed by atoms with Crippen LogP contribution in [0.25, 0.3) is 0 Å². The molecule has 2 atom stereocenters. The number of aryl methyl sites for hydroxylation is 1. The van der Waals surface area contributed by atoms with E-state index in [2.05, 4.69) is 0 Å². The van der Waals surface area contributed by atoms with Crippen molar-refractivity contribution in [3.05, 3.63) is 71.3 Å². The van der Waals surface area contributed by atoms with Crippen molar-refractivity contribution in [1.29, 1.82) is 0 Å². The van der Waals surface area contributed by atoms with Crippen molar-refractivity contribution in [2.75, 3.05) is 0 Å². The minimum absolute atomic E-state index is 0.0557. The SMILES string of the molecule is Cc1ccccc1[C@@](O)(c1ccccc1)[C@H](O)C(C)C. The molecule has 20 heavy (non-hydrogen) atoms. The maximum atomic E-state index is 11.3. The second-order valence-corrected chi connectivity index (χ2v) is 5.64. The summed E-state index contributed by atoms with van der Waals surface area (Å²) in [6.07, 6.45) is -0.869. The van der Waals surface area contributed by atoms with Crippen LogP contribution in [0.4, 0.5) is 0 Å². The highest BCUT2D eigenvalue weighted by Crippen LogP contribution is 2.37. The summed E-state index contributed by atoms with van der Waals surface area (Å²) in [5, 5.41) is 22.0. The number of aliphatic hydroxyl groups excluding tert-OH is 1. The Balaban J connectivity index is 2.65. The van der Waals surface area contributed by atoms with Gasteiger partial charge < -0.3 is 10.2 Å². The van der Waals surface area contributed by atoms with Crippen LogP contribution in [-0.2, 0) is 5.60 Å². The van der Waals surface area contributed by atoms with Gasteiger partial charge in [-0.3, -0.25) is 0 Å². The van der Waals surface area contributed by atoms with Gasteiger partial charge in [-0.15, -0.1) is 0 Å². The quantitative estimate of drug-likeness (QED) is 0.895. The van der Waals surface area contributed by atoms with Crippen molar-refractivity contribution < 1.29 is 10.2 Å². The topological polar surface area (TPSA) is 40.5 Å². The fraction of sp³-hybridized carbons (Fsp3) is 0.333. The molecule has 0 fully saturated rings. The summed E-state index contributed by atoms with van der Waals surface area (Å²) in [5.74, 6) is -0.0557. The lowest BCUT2D eigenvalue weighted by Gasteiger charge is -2.37. The van der Waals surface area contributed by atoms with Crippen LogP contribution in [0.1, 0.15) is 30.5 Å². The zero-order valence-corrected chi connectivity index (χ0v) is 12.2. The van der Waals surface area contributed by atoms with Gasteiger partial charge in [0.25, 0.3) is 0 Å². The first kappa shape index (κ1) is 14.8. The normalized spacial score (nSPS) is 15.9. The van der Waals surface area contributed by atoms with Crippen LogP contribution in [0.5, 0.6) is 0 Å². The van der Waals surface area contributed by atoms with Gasteiger partial charge in [0, 0.05) is 0 Å². The zero-order chi connectivity index (χ0) is 14.8. The summed E-state index contributed by atoms with van der Waals surface area (Å²) >= 11 is 0. The Bertz CT molecular complexity index is 563. The van der Waals surface area contributed by atoms with Crippen molar-refractivity contribution >= 4 is 0 Å². The molecule has 0 heterocycles. The minimum atomic E-state index is -1.39. The molecule has 0 aromatic heterocycles. The maximum absolute atomic E-state index is 11.3. The first-order valence-corrected chi connectivity index (χ1v) is 7.00. The monoisotopic (exact) mass is 270 g/mol. The van der Waals surface area contributed by atoms with Crippen molar-refractivity contribution in [3.8, 4) is 0 Å². The summed E-state index contributed by atoms with van der Waals surface area (Å²) < 4.78 is 0. The molecule has 0 unspecified atom stereocenters. The van der Waals surface area contributed by atoms with E-state index in [-0.39, 0.29) is 5.92 Å². The lowest BCUT2D eigenvalue weighted by molar-refractivity contribution is -0.0721. The van der Waals surface area contributed by atoms with Crippen LogP contribution >= 0.6 is 0 Å². The van der Waals surface area contributed by atoms with E-state index < -0.39 is 11.7 Å². The predicted molar refractivity (Wildman–Crippen MR) is 81.5 cm³/mol. The van der Waals surface area contributed by atoms with E-state index in [1.807, 2.05) is 75.4 Å². The van der Waals surface area contributed by atoms with Gasteiger partial charge in [0.1, 0.15) is 5.60 Å². The van der Waals surface area contributed by atoms with E-state index in [0.717, 1.165) is 16.7 Å². The molecule has 2 rings (SSSR count). The first-order valence-electron chi connectivity index (χ1n) is 7.00. The summed E-state index contributed by atoms with van der Waals surface area (Å²) in [6.45, 7) is 5.78. The third-order valence-electron chi connectivity index (χ3n) is 3.83. The summed E-state index contributed by atoms with van der Waals surface area (Å²) in [4.78, 5) is 0. The van der Waals surface area contributed by atoms with Crippen LogP contribution in [0.2, 0.25) is 0 Å². The Morgan fingerprint density at radius 3 is 2.00 bits per heavy atom. The molecule has 0 saturated carbocycles. The van der Waals surface area contributed by atoms with Crippen LogP contribution in [0.3, 0.4) is 0 Å². The van der Waals surface area contributed by atoms with E-state index in [1.165, 1.54) is 0 Å². The molecule has 2 aromatic carbocycles. The Labute approximate surface area is 120 Å². The molecule has 0 saturated heterocycles. The highest BCUT2D eigenvalue weighted by atomic mass is 16.3. The van der Waals surface area contributed by atoms with Crippen molar-refractivity contribution in [2.45, 2.75) is 32.5 Å². The molecule has 2 N–H and O–H groups in total. The first-order chi connectivity index (χ1) is 9.48. The molecular weight excluding hydrogens is 248 g/mol. The van der Waals surface area contributed by atoms with Crippen LogP contribution < -0.4 is 0 Å². The fourth-order valence-corrected chi connectivity index (χ4v) is 2.66. The molecule has 106 valence electrons. The van der Waals surface area contributed by atoms with E-state index >= 15 is 0 Å². The molecule has 0 amide bonds. The Hall–Kier alpha value is -1.64. The second kappa shape index (κ2) is 5.78. The van der Waals surface area contributed by atoms with Gasteiger partial charge in [-0.2, -0.15) is 0 Å². The maximum Gasteiger partial charge on any atom is 0.141 e. The average molecular weight is 270 g/mol. The number of aliphatic hydroxyl groups is 2. The van der Waals surface area contributed by atoms with E-state index in [9.17, 15) is 10.2 Å². The molecule has 2 heteroatoms. The van der Waals surface area contributed by atoms with Crippen LogP contribution in [0.15, 0.2) is 54.6 Å². The van der Waals surface area contributed by atoms with Gasteiger partial charge in [-0.1, -0.05) is 68.4 Å². The van der Waals surface area contributed by atoms with Gasteiger partial charge in [-0.25, -0.2) is 0 Å². The second-order valence-electron chi connectivity index (χ2n) is 5.64. The van der Waals surface area contributed by atoms with Crippen molar-refractivity contribution in [3.63, 3.8) is 0 Å². The van der Waals surface area contributed by atoms with Gasteiger partial charge in [-0.05, 0) is 29.5 Å². The average Bonchev–Trinajstić information content (AvgIpc) is 2.47. The van der Waals surface area contributed by atoms with Gasteiger partial charge in [0.2, 0.25) is 0 Å². The Morgan fingerprint density at radius 1 is 0.900 bits per heavy atom. The number of rotatable bonds is 4. The molecule has 0 aliphatic heterocycles. The standard InChI is InChI=1S/C18H22O2/c1-13(2)17(19)18(20,15-10-5-4-6-11-15)16-12-8-7-9-14(16)3/h4-13,17,19-20H,1-3H3/t17-,18+/m1/s1. The highest BCUT2D eigenvalue weighted by molar-refractivity contribution is 5.41. The molecule has 2 aromatic rings. The molecule has 0 bridgehead atoms. The van der Waals surface area contributed by atoms with E-state index in [1.54, 1.807) is 0 Å². The summed E-state index contributed by atoms with van der Waals surface area (Å²) in [6, 6.07) is 17.1. The summed E-state index contributed by atoms with van der Waals surface area (Å²) in [7, 11) is 0. The molecule has 0 aliphatic rings. The Morgan fingerprint density at radius 2 is 1.45 bits per heavy atom. The van der Waals surface area contributed by atoms with Gasteiger partial charge in [0.15, 0.2) is 0 Å².